The zero-order valence-corrected chi connectivity index (χ0v) is 10.8. The number of carbonyl (C=O) groups excluding carboxylic acids is 1. The highest BCUT2D eigenvalue weighted by molar-refractivity contribution is 5.84. The maximum absolute atomic E-state index is 13.0. The molecule has 0 fully saturated rings. The Morgan fingerprint density at radius 3 is 2.00 bits per heavy atom. The Bertz CT molecular complexity index is 585. The van der Waals surface area contributed by atoms with Crippen LogP contribution in [0.15, 0.2) is 60.7 Å². The van der Waals surface area contributed by atoms with E-state index in [1.165, 1.54) is 24.3 Å². The summed E-state index contributed by atoms with van der Waals surface area (Å²) in [6.07, 6.45) is -8.15. The Balaban J connectivity index is 2.11. The lowest BCUT2D eigenvalue weighted by Gasteiger charge is -2.21. The van der Waals surface area contributed by atoms with Crippen molar-refractivity contribution in [1.29, 1.82) is 0 Å². The Morgan fingerprint density at radius 2 is 1.48 bits per heavy atom. The van der Waals surface area contributed by atoms with Crippen LogP contribution in [0.5, 0.6) is 0 Å². The van der Waals surface area contributed by atoms with Crippen LogP contribution in [0.3, 0.4) is 0 Å². The highest BCUT2D eigenvalue weighted by atomic mass is 19.4. The van der Waals surface area contributed by atoms with Crippen LogP contribution >= 0.6 is 0 Å². The van der Waals surface area contributed by atoms with Crippen LogP contribution in [0.25, 0.3) is 0 Å². The first kappa shape index (κ1) is 14.9. The van der Waals surface area contributed by atoms with Gasteiger partial charge in [0.1, 0.15) is 0 Å². The molecule has 0 aliphatic heterocycles. The van der Waals surface area contributed by atoms with Gasteiger partial charge < -0.3 is 4.74 Å². The summed E-state index contributed by atoms with van der Waals surface area (Å²) in [5.74, 6) is 0. The predicted molar refractivity (Wildman–Crippen MR) is 71.8 cm³/mol. The first-order valence-corrected chi connectivity index (χ1v) is 6.11. The maximum Gasteiger partial charge on any atom is 0.429 e. The van der Waals surface area contributed by atoms with Crippen molar-refractivity contribution in [2.24, 2.45) is 0 Å². The fraction of sp³-hybridized carbons (Fsp3) is 0.133. The molecule has 2 aromatic rings. The highest BCUT2D eigenvalue weighted by Gasteiger charge is 2.44. The van der Waals surface area contributed by atoms with Gasteiger partial charge in [0.25, 0.3) is 0 Å². The lowest BCUT2D eigenvalue weighted by molar-refractivity contribution is -0.205. The quantitative estimate of drug-likeness (QED) is 0.902. The van der Waals surface area contributed by atoms with E-state index in [1.54, 1.807) is 36.4 Å². The molecule has 2 rings (SSSR count). The van der Waals surface area contributed by atoms with E-state index in [0.29, 0.717) is 5.69 Å². The van der Waals surface area contributed by atoms with E-state index in [-0.39, 0.29) is 5.56 Å². The van der Waals surface area contributed by atoms with Crippen molar-refractivity contribution in [3.63, 3.8) is 0 Å². The standard InChI is InChI=1S/C15H12F3NO2/c16-15(17,18)13(11-7-3-1-4-8-11)21-14(20)19-12-9-5-2-6-10-12/h1-10,13H,(H,19,20)/t13-/m1/s1. The second-order valence-electron chi connectivity index (χ2n) is 4.23. The van der Waals surface area contributed by atoms with Crippen molar-refractivity contribution < 1.29 is 22.7 Å². The molecular formula is C15H12F3NO2. The number of rotatable bonds is 3. The van der Waals surface area contributed by atoms with E-state index in [2.05, 4.69) is 10.1 Å². The van der Waals surface area contributed by atoms with Crippen molar-refractivity contribution in [2.75, 3.05) is 5.32 Å². The number of carbonyl (C=O) groups is 1. The molecule has 2 aromatic carbocycles. The minimum atomic E-state index is -4.69. The third-order valence-corrected chi connectivity index (χ3v) is 2.64. The number of alkyl halides is 3. The zero-order valence-electron chi connectivity index (χ0n) is 10.8. The normalized spacial score (nSPS) is 12.5. The van der Waals surface area contributed by atoms with Gasteiger partial charge in [0.15, 0.2) is 0 Å². The summed E-state index contributed by atoms with van der Waals surface area (Å²) in [5.41, 5.74) is 0.227. The molecule has 21 heavy (non-hydrogen) atoms. The Morgan fingerprint density at radius 1 is 0.952 bits per heavy atom. The van der Waals surface area contributed by atoms with E-state index in [1.807, 2.05) is 0 Å². The molecule has 0 bridgehead atoms. The molecule has 3 nitrogen and oxygen atoms in total. The SMILES string of the molecule is O=C(Nc1ccccc1)O[C@H](c1ccccc1)C(F)(F)F. The molecule has 1 atom stereocenters. The van der Waals surface area contributed by atoms with Gasteiger partial charge in [0.05, 0.1) is 0 Å². The van der Waals surface area contributed by atoms with Gasteiger partial charge in [-0.3, -0.25) is 5.32 Å². The number of halogens is 3. The van der Waals surface area contributed by atoms with E-state index < -0.39 is 18.4 Å². The van der Waals surface area contributed by atoms with Crippen LogP contribution in [-0.2, 0) is 4.74 Å². The summed E-state index contributed by atoms with van der Waals surface area (Å²) in [6, 6.07) is 15.1. The summed E-state index contributed by atoms with van der Waals surface area (Å²) in [4.78, 5) is 11.6. The monoisotopic (exact) mass is 295 g/mol. The lowest BCUT2D eigenvalue weighted by Crippen LogP contribution is -2.28. The molecule has 0 heterocycles. The fourth-order valence-electron chi connectivity index (χ4n) is 1.73. The number of amides is 1. The van der Waals surface area contributed by atoms with Crippen molar-refractivity contribution >= 4 is 11.8 Å². The summed E-state index contributed by atoms with van der Waals surface area (Å²) >= 11 is 0. The lowest BCUT2D eigenvalue weighted by atomic mass is 10.1. The van der Waals surface area contributed by atoms with E-state index >= 15 is 0 Å². The van der Waals surface area contributed by atoms with Crippen molar-refractivity contribution in [1.82, 2.24) is 0 Å². The van der Waals surface area contributed by atoms with Crippen molar-refractivity contribution in [3.05, 3.63) is 66.2 Å². The van der Waals surface area contributed by atoms with Crippen LogP contribution in [0, 0.1) is 0 Å². The Labute approximate surface area is 119 Å². The van der Waals surface area contributed by atoms with Crippen LogP contribution < -0.4 is 5.32 Å². The fourth-order valence-corrected chi connectivity index (χ4v) is 1.73. The minimum absolute atomic E-state index is 0.131. The molecule has 0 aliphatic rings. The highest BCUT2D eigenvalue weighted by Crippen LogP contribution is 2.35. The third-order valence-electron chi connectivity index (χ3n) is 2.64. The summed E-state index contributed by atoms with van der Waals surface area (Å²) < 4.78 is 43.5. The topological polar surface area (TPSA) is 38.3 Å². The molecule has 0 spiro atoms. The van der Waals surface area contributed by atoms with Gasteiger partial charge in [-0.25, -0.2) is 4.79 Å². The molecule has 0 radical (unpaired) electrons. The van der Waals surface area contributed by atoms with E-state index in [4.69, 9.17) is 0 Å². The molecular weight excluding hydrogens is 283 g/mol. The first-order valence-electron chi connectivity index (χ1n) is 6.11. The number of ether oxygens (including phenoxy) is 1. The second kappa shape index (κ2) is 6.30. The van der Waals surface area contributed by atoms with Crippen molar-refractivity contribution in [3.8, 4) is 0 Å². The molecule has 1 N–H and O–H groups in total. The molecule has 6 heteroatoms. The molecule has 1 amide bonds. The average Bonchev–Trinajstić information content (AvgIpc) is 2.45. The molecule has 0 saturated heterocycles. The van der Waals surface area contributed by atoms with Gasteiger partial charge in [-0.15, -0.1) is 0 Å². The van der Waals surface area contributed by atoms with Crippen LogP contribution in [0.2, 0.25) is 0 Å². The van der Waals surface area contributed by atoms with E-state index in [0.717, 1.165) is 0 Å². The minimum Gasteiger partial charge on any atom is -0.431 e. The summed E-state index contributed by atoms with van der Waals surface area (Å²) in [7, 11) is 0. The Kier molecular flexibility index (Phi) is 4.47. The largest absolute Gasteiger partial charge is 0.431 e. The zero-order chi connectivity index (χ0) is 15.3. The molecule has 0 aromatic heterocycles. The number of hydrogen-bond donors (Lipinski definition) is 1. The van der Waals surface area contributed by atoms with Gasteiger partial charge in [-0.2, -0.15) is 13.2 Å². The smallest absolute Gasteiger partial charge is 0.429 e. The summed E-state index contributed by atoms with van der Waals surface area (Å²) in [6.45, 7) is 0. The van der Waals surface area contributed by atoms with Crippen molar-refractivity contribution in [2.45, 2.75) is 12.3 Å². The maximum atomic E-state index is 13.0. The van der Waals surface area contributed by atoms with Gasteiger partial charge in [0, 0.05) is 11.3 Å². The number of benzene rings is 2. The Hall–Kier alpha value is -2.50. The second-order valence-corrected chi connectivity index (χ2v) is 4.23. The number of nitrogens with one attached hydrogen (secondary N) is 1. The number of hydrogen-bond acceptors (Lipinski definition) is 2. The van der Waals surface area contributed by atoms with E-state index in [9.17, 15) is 18.0 Å². The number of anilines is 1. The average molecular weight is 295 g/mol. The predicted octanol–water partition coefficient (Wildman–Crippen LogP) is 4.54. The first-order chi connectivity index (χ1) is 9.97. The third kappa shape index (κ3) is 4.24. The van der Waals surface area contributed by atoms with Gasteiger partial charge in [-0.05, 0) is 12.1 Å². The van der Waals surface area contributed by atoms with Crippen LogP contribution in [0.4, 0.5) is 23.7 Å². The molecule has 0 aliphatic carbocycles. The van der Waals surface area contributed by atoms with Gasteiger partial charge >= 0.3 is 12.3 Å². The molecule has 110 valence electrons. The molecule has 0 unspecified atom stereocenters. The molecule has 0 saturated carbocycles. The summed E-state index contributed by atoms with van der Waals surface area (Å²) in [5, 5.41) is 2.25. The van der Waals surface area contributed by atoms with Crippen LogP contribution in [0.1, 0.15) is 11.7 Å². The van der Waals surface area contributed by atoms with Crippen LogP contribution in [-0.4, -0.2) is 12.3 Å². The number of para-hydroxylation sites is 1. The van der Waals surface area contributed by atoms with Gasteiger partial charge in [-0.1, -0.05) is 48.5 Å². The van der Waals surface area contributed by atoms with Gasteiger partial charge in [0.2, 0.25) is 6.10 Å².